The van der Waals surface area contributed by atoms with Crippen LogP contribution in [-0.4, -0.2) is 34.3 Å². The molecule has 1 aliphatic carbocycles. The minimum atomic E-state index is -0.330. The Morgan fingerprint density at radius 3 is 2.52 bits per heavy atom. The molecule has 1 aliphatic heterocycles. The summed E-state index contributed by atoms with van der Waals surface area (Å²) in [7, 11) is 0. The molecule has 1 aromatic carbocycles. The summed E-state index contributed by atoms with van der Waals surface area (Å²) in [5, 5.41) is 9.63. The van der Waals surface area contributed by atoms with Gasteiger partial charge < -0.3 is 14.7 Å². The van der Waals surface area contributed by atoms with Crippen LogP contribution in [0.3, 0.4) is 0 Å². The standard InChI is InChI=1S/C17H23NO3/c1-13(14-5-3-2-4-6-14)18-12-11-17(21-16(18)20)9-7-15(19)8-10-17/h2-6,13,15,19H,7-12H2,1H3/t13-,15-,17+/m0/s1. The summed E-state index contributed by atoms with van der Waals surface area (Å²) in [6, 6.07) is 10.1. The van der Waals surface area contributed by atoms with Crippen LogP contribution in [0.15, 0.2) is 30.3 Å². The molecule has 0 aromatic heterocycles. The number of amides is 1. The van der Waals surface area contributed by atoms with Gasteiger partial charge in [-0.1, -0.05) is 30.3 Å². The van der Waals surface area contributed by atoms with Gasteiger partial charge in [-0.3, -0.25) is 0 Å². The lowest BCUT2D eigenvalue weighted by molar-refractivity contribution is -0.0908. The summed E-state index contributed by atoms with van der Waals surface area (Å²) >= 11 is 0. The third-order valence-electron chi connectivity index (χ3n) is 4.96. The monoisotopic (exact) mass is 289 g/mol. The van der Waals surface area contributed by atoms with Gasteiger partial charge in [0.15, 0.2) is 0 Å². The number of nitrogens with zero attached hydrogens (tertiary/aromatic N) is 1. The van der Waals surface area contributed by atoms with E-state index in [0.717, 1.165) is 44.2 Å². The van der Waals surface area contributed by atoms with Gasteiger partial charge in [-0.25, -0.2) is 4.79 Å². The Morgan fingerprint density at radius 1 is 1.24 bits per heavy atom. The summed E-state index contributed by atoms with van der Waals surface area (Å²) in [5.74, 6) is 0. The van der Waals surface area contributed by atoms with Gasteiger partial charge in [-0.2, -0.15) is 0 Å². The molecule has 0 bridgehead atoms. The predicted octanol–water partition coefficient (Wildman–Crippen LogP) is 3.26. The van der Waals surface area contributed by atoms with Gasteiger partial charge >= 0.3 is 6.09 Å². The van der Waals surface area contributed by atoms with E-state index in [0.29, 0.717) is 0 Å². The maximum Gasteiger partial charge on any atom is 0.410 e. The maximum absolute atomic E-state index is 12.4. The predicted molar refractivity (Wildman–Crippen MR) is 79.9 cm³/mol. The first-order valence-electron chi connectivity index (χ1n) is 7.82. The van der Waals surface area contributed by atoms with E-state index >= 15 is 0 Å². The Balaban J connectivity index is 1.68. The van der Waals surface area contributed by atoms with Crippen LogP contribution in [-0.2, 0) is 4.74 Å². The van der Waals surface area contributed by atoms with Crippen molar-refractivity contribution in [3.8, 4) is 0 Å². The van der Waals surface area contributed by atoms with Crippen molar-refractivity contribution in [2.45, 2.75) is 56.8 Å². The summed E-state index contributed by atoms with van der Waals surface area (Å²) in [6.45, 7) is 2.77. The fraction of sp³-hybridized carbons (Fsp3) is 0.588. The number of aliphatic hydroxyl groups is 1. The molecule has 0 radical (unpaired) electrons. The van der Waals surface area contributed by atoms with E-state index in [1.807, 2.05) is 42.2 Å². The molecule has 4 heteroatoms. The highest BCUT2D eigenvalue weighted by Gasteiger charge is 2.44. The number of hydrogen-bond donors (Lipinski definition) is 1. The van der Waals surface area contributed by atoms with Gasteiger partial charge in [0, 0.05) is 13.0 Å². The normalized spacial score (nSPS) is 31.0. The average molecular weight is 289 g/mol. The Bertz CT molecular complexity index is 494. The van der Waals surface area contributed by atoms with Crippen LogP contribution in [0.4, 0.5) is 4.79 Å². The Hall–Kier alpha value is -1.55. The Morgan fingerprint density at radius 2 is 1.90 bits per heavy atom. The van der Waals surface area contributed by atoms with Gasteiger partial charge in [0.25, 0.3) is 0 Å². The van der Waals surface area contributed by atoms with Crippen molar-refractivity contribution in [1.82, 2.24) is 4.90 Å². The minimum absolute atomic E-state index is 0.0326. The molecule has 1 saturated heterocycles. The van der Waals surface area contributed by atoms with Gasteiger partial charge in [0.05, 0.1) is 12.1 Å². The lowest BCUT2D eigenvalue weighted by Gasteiger charge is -2.45. The highest BCUT2D eigenvalue weighted by molar-refractivity contribution is 5.69. The molecule has 2 aliphatic rings. The number of carbonyl (C=O) groups is 1. The molecule has 21 heavy (non-hydrogen) atoms. The van der Waals surface area contributed by atoms with Crippen LogP contribution in [0.2, 0.25) is 0 Å². The minimum Gasteiger partial charge on any atom is -0.443 e. The molecule has 1 heterocycles. The quantitative estimate of drug-likeness (QED) is 0.909. The van der Waals surface area contributed by atoms with Crippen molar-refractivity contribution in [2.24, 2.45) is 0 Å². The fourth-order valence-electron chi connectivity index (χ4n) is 3.45. The topological polar surface area (TPSA) is 49.8 Å². The molecule has 1 atom stereocenters. The first-order chi connectivity index (χ1) is 10.1. The van der Waals surface area contributed by atoms with Crippen LogP contribution in [0.1, 0.15) is 50.6 Å². The van der Waals surface area contributed by atoms with Crippen molar-refractivity contribution < 1.29 is 14.6 Å². The van der Waals surface area contributed by atoms with E-state index in [-0.39, 0.29) is 23.8 Å². The van der Waals surface area contributed by atoms with Crippen molar-refractivity contribution >= 4 is 6.09 Å². The Labute approximate surface area is 125 Å². The fourth-order valence-corrected chi connectivity index (χ4v) is 3.45. The molecule has 1 N–H and O–H groups in total. The molecule has 2 fully saturated rings. The molecule has 114 valence electrons. The van der Waals surface area contributed by atoms with E-state index in [1.165, 1.54) is 0 Å². The van der Waals surface area contributed by atoms with Crippen molar-refractivity contribution in [2.75, 3.05) is 6.54 Å². The smallest absolute Gasteiger partial charge is 0.410 e. The van der Waals surface area contributed by atoms with Gasteiger partial charge in [0.2, 0.25) is 0 Å². The second-order valence-corrected chi connectivity index (χ2v) is 6.31. The number of carbonyl (C=O) groups excluding carboxylic acids is 1. The summed E-state index contributed by atoms with van der Waals surface area (Å²) in [4.78, 5) is 14.2. The average Bonchev–Trinajstić information content (AvgIpc) is 2.51. The van der Waals surface area contributed by atoms with Gasteiger partial charge in [0.1, 0.15) is 5.60 Å². The largest absolute Gasteiger partial charge is 0.443 e. The summed E-state index contributed by atoms with van der Waals surface area (Å²) in [6.07, 6.45) is 3.47. The Kier molecular flexibility index (Phi) is 3.89. The van der Waals surface area contributed by atoms with Crippen molar-refractivity contribution in [3.63, 3.8) is 0 Å². The third kappa shape index (κ3) is 2.91. The zero-order valence-electron chi connectivity index (χ0n) is 12.5. The van der Waals surface area contributed by atoms with Crippen LogP contribution in [0.5, 0.6) is 0 Å². The number of hydrogen-bond acceptors (Lipinski definition) is 3. The molecule has 0 unspecified atom stereocenters. The van der Waals surface area contributed by atoms with E-state index in [2.05, 4.69) is 0 Å². The highest BCUT2D eigenvalue weighted by atomic mass is 16.6. The summed E-state index contributed by atoms with van der Waals surface area (Å²) in [5.41, 5.74) is 0.799. The molecular weight excluding hydrogens is 266 g/mol. The first-order valence-corrected chi connectivity index (χ1v) is 7.82. The maximum atomic E-state index is 12.4. The number of ether oxygens (including phenoxy) is 1. The highest BCUT2D eigenvalue weighted by Crippen LogP contribution is 2.39. The van der Waals surface area contributed by atoms with Crippen molar-refractivity contribution in [1.29, 1.82) is 0 Å². The molecule has 1 aromatic rings. The molecule has 3 rings (SSSR count). The summed E-state index contributed by atoms with van der Waals surface area (Å²) < 4.78 is 5.79. The van der Waals surface area contributed by atoms with Gasteiger partial charge in [-0.15, -0.1) is 0 Å². The molecule has 1 saturated carbocycles. The number of rotatable bonds is 2. The van der Waals surface area contributed by atoms with Gasteiger partial charge in [-0.05, 0) is 38.2 Å². The second-order valence-electron chi connectivity index (χ2n) is 6.31. The first kappa shape index (κ1) is 14.4. The SMILES string of the molecule is C[C@@H](c1ccccc1)N1CC[C@]2(CC[C@H](O)CC2)OC1=O. The van der Waals surface area contributed by atoms with Crippen LogP contribution >= 0.6 is 0 Å². The molecule has 4 nitrogen and oxygen atoms in total. The van der Waals surface area contributed by atoms with E-state index < -0.39 is 0 Å². The van der Waals surface area contributed by atoms with E-state index in [4.69, 9.17) is 4.74 Å². The molecular formula is C17H23NO3. The molecule has 1 amide bonds. The van der Waals surface area contributed by atoms with Crippen molar-refractivity contribution in [3.05, 3.63) is 35.9 Å². The number of aliphatic hydroxyl groups excluding tert-OH is 1. The number of benzene rings is 1. The lowest BCUT2D eigenvalue weighted by atomic mass is 9.80. The van der Waals surface area contributed by atoms with Crippen LogP contribution < -0.4 is 0 Å². The van der Waals surface area contributed by atoms with E-state index in [1.54, 1.807) is 0 Å². The third-order valence-corrected chi connectivity index (χ3v) is 4.96. The van der Waals surface area contributed by atoms with E-state index in [9.17, 15) is 9.90 Å². The lowest BCUT2D eigenvalue weighted by Crippen LogP contribution is -2.52. The zero-order chi connectivity index (χ0) is 14.9. The zero-order valence-corrected chi connectivity index (χ0v) is 12.5. The van der Waals surface area contributed by atoms with Crippen LogP contribution in [0.25, 0.3) is 0 Å². The molecule has 1 spiro atoms. The van der Waals surface area contributed by atoms with Crippen LogP contribution in [0, 0.1) is 0 Å². The second kappa shape index (κ2) is 5.68.